The lowest BCUT2D eigenvalue weighted by Gasteiger charge is -2.37. The molecule has 2 aromatic rings. The Labute approximate surface area is 151 Å². The smallest absolute Gasteiger partial charge is 0.227 e. The zero-order chi connectivity index (χ0) is 17.8. The van der Waals surface area contributed by atoms with Gasteiger partial charge in [-0.15, -0.1) is 0 Å². The van der Waals surface area contributed by atoms with E-state index in [9.17, 15) is 0 Å². The second-order valence-electron chi connectivity index (χ2n) is 6.65. The normalized spacial score (nSPS) is 14.7. The summed E-state index contributed by atoms with van der Waals surface area (Å²) < 4.78 is 0. The van der Waals surface area contributed by atoms with Gasteiger partial charge < -0.3 is 14.7 Å². The molecule has 0 radical (unpaired) electrons. The first-order valence-electron chi connectivity index (χ1n) is 9.28. The fourth-order valence-electron chi connectivity index (χ4n) is 3.36. The summed E-state index contributed by atoms with van der Waals surface area (Å²) in [6.45, 7) is 14.4. The van der Waals surface area contributed by atoms with Gasteiger partial charge in [-0.25, -0.2) is 4.98 Å². The Morgan fingerprint density at radius 2 is 1.60 bits per heavy atom. The lowest BCUT2D eigenvalue weighted by molar-refractivity contribution is 0.645. The van der Waals surface area contributed by atoms with Gasteiger partial charge in [0.2, 0.25) is 5.95 Å². The third kappa shape index (κ3) is 4.03. The maximum atomic E-state index is 4.83. The van der Waals surface area contributed by atoms with Crippen LogP contribution in [-0.4, -0.2) is 49.2 Å². The summed E-state index contributed by atoms with van der Waals surface area (Å²) in [6, 6.07) is 10.9. The molecular formula is C20H29N5. The van der Waals surface area contributed by atoms with E-state index in [1.807, 2.05) is 0 Å². The van der Waals surface area contributed by atoms with Crippen LogP contribution >= 0.6 is 0 Å². The van der Waals surface area contributed by atoms with Crippen LogP contribution in [-0.2, 0) is 0 Å². The summed E-state index contributed by atoms with van der Waals surface area (Å²) in [5.41, 5.74) is 3.67. The summed E-state index contributed by atoms with van der Waals surface area (Å²) >= 11 is 0. The van der Waals surface area contributed by atoms with E-state index in [0.717, 1.165) is 56.7 Å². The van der Waals surface area contributed by atoms with Crippen LogP contribution in [0.1, 0.15) is 25.1 Å². The van der Waals surface area contributed by atoms with E-state index in [0.29, 0.717) is 0 Å². The molecular weight excluding hydrogens is 310 g/mol. The zero-order valence-corrected chi connectivity index (χ0v) is 15.9. The first-order valence-corrected chi connectivity index (χ1v) is 9.28. The summed E-state index contributed by atoms with van der Waals surface area (Å²) in [4.78, 5) is 16.5. The highest BCUT2D eigenvalue weighted by Crippen LogP contribution is 2.22. The second-order valence-corrected chi connectivity index (χ2v) is 6.65. The number of aryl methyl sites for hydroxylation is 2. The quantitative estimate of drug-likeness (QED) is 0.835. The van der Waals surface area contributed by atoms with Crippen LogP contribution in [0.5, 0.6) is 0 Å². The second kappa shape index (κ2) is 7.72. The Kier molecular flexibility index (Phi) is 5.41. The number of rotatable bonds is 5. The molecule has 0 saturated carbocycles. The maximum Gasteiger partial charge on any atom is 0.227 e. The summed E-state index contributed by atoms with van der Waals surface area (Å²) in [6.07, 6.45) is 0. The van der Waals surface area contributed by atoms with Gasteiger partial charge >= 0.3 is 0 Å². The topological polar surface area (TPSA) is 35.5 Å². The minimum absolute atomic E-state index is 0.848. The van der Waals surface area contributed by atoms with Gasteiger partial charge in [0.1, 0.15) is 5.82 Å². The molecule has 3 rings (SSSR count). The minimum atomic E-state index is 0.848. The third-order valence-electron chi connectivity index (χ3n) is 4.85. The van der Waals surface area contributed by atoms with Crippen molar-refractivity contribution in [3.05, 3.63) is 41.6 Å². The molecule has 1 saturated heterocycles. The molecule has 0 aliphatic carbocycles. The van der Waals surface area contributed by atoms with E-state index in [-0.39, 0.29) is 0 Å². The molecule has 2 heterocycles. The lowest BCUT2D eigenvalue weighted by Crippen LogP contribution is -2.47. The van der Waals surface area contributed by atoms with Crippen molar-refractivity contribution in [2.75, 3.05) is 54.0 Å². The van der Waals surface area contributed by atoms with Crippen molar-refractivity contribution in [3.8, 4) is 0 Å². The number of nitrogens with zero attached hydrogens (tertiary/aromatic N) is 5. The van der Waals surface area contributed by atoms with Crippen LogP contribution in [0.25, 0.3) is 0 Å². The van der Waals surface area contributed by atoms with E-state index in [1.165, 1.54) is 11.3 Å². The predicted octanol–water partition coefficient (Wildman–Crippen LogP) is 3.27. The molecule has 134 valence electrons. The van der Waals surface area contributed by atoms with Crippen molar-refractivity contribution in [1.29, 1.82) is 0 Å². The van der Waals surface area contributed by atoms with Gasteiger partial charge in [-0.1, -0.05) is 12.1 Å². The Morgan fingerprint density at radius 1 is 0.920 bits per heavy atom. The summed E-state index contributed by atoms with van der Waals surface area (Å²) in [7, 11) is 0. The summed E-state index contributed by atoms with van der Waals surface area (Å²) in [5, 5.41) is 0. The zero-order valence-electron chi connectivity index (χ0n) is 15.9. The minimum Gasteiger partial charge on any atom is -0.368 e. The van der Waals surface area contributed by atoms with E-state index in [2.05, 4.69) is 77.7 Å². The van der Waals surface area contributed by atoms with Gasteiger partial charge in [0.15, 0.2) is 0 Å². The van der Waals surface area contributed by atoms with Crippen molar-refractivity contribution in [2.24, 2.45) is 0 Å². The van der Waals surface area contributed by atoms with Crippen LogP contribution in [0, 0.1) is 13.8 Å². The molecule has 1 fully saturated rings. The van der Waals surface area contributed by atoms with Crippen LogP contribution in [0.2, 0.25) is 0 Å². The van der Waals surface area contributed by atoms with E-state index >= 15 is 0 Å². The third-order valence-corrected chi connectivity index (χ3v) is 4.85. The number of hydrogen-bond donors (Lipinski definition) is 0. The highest BCUT2D eigenvalue weighted by molar-refractivity contribution is 5.52. The molecule has 1 aliphatic heterocycles. The molecule has 0 bridgehead atoms. The van der Waals surface area contributed by atoms with Gasteiger partial charge in [0.25, 0.3) is 0 Å². The number of piperazine rings is 1. The Balaban J connectivity index is 1.72. The molecule has 0 spiro atoms. The number of benzene rings is 1. The lowest BCUT2D eigenvalue weighted by atomic mass is 10.2. The van der Waals surface area contributed by atoms with E-state index in [4.69, 9.17) is 4.98 Å². The van der Waals surface area contributed by atoms with Gasteiger partial charge in [-0.3, -0.25) is 0 Å². The molecule has 5 heteroatoms. The molecule has 25 heavy (non-hydrogen) atoms. The highest BCUT2D eigenvalue weighted by atomic mass is 15.3. The van der Waals surface area contributed by atoms with Crippen LogP contribution in [0.15, 0.2) is 30.3 Å². The van der Waals surface area contributed by atoms with Crippen molar-refractivity contribution in [3.63, 3.8) is 0 Å². The number of hydrogen-bond acceptors (Lipinski definition) is 5. The molecule has 1 aliphatic rings. The first-order chi connectivity index (χ1) is 12.1. The molecule has 0 N–H and O–H groups in total. The van der Waals surface area contributed by atoms with E-state index in [1.54, 1.807) is 0 Å². The fraction of sp³-hybridized carbons (Fsp3) is 0.500. The highest BCUT2D eigenvalue weighted by Gasteiger charge is 2.20. The largest absolute Gasteiger partial charge is 0.368 e. The molecule has 0 atom stereocenters. The average molecular weight is 339 g/mol. The molecule has 1 aromatic carbocycles. The Hall–Kier alpha value is -2.30. The molecule has 0 amide bonds. The van der Waals surface area contributed by atoms with Gasteiger partial charge in [0, 0.05) is 56.7 Å². The van der Waals surface area contributed by atoms with Gasteiger partial charge in [-0.05, 0) is 45.4 Å². The summed E-state index contributed by atoms with van der Waals surface area (Å²) in [5.74, 6) is 1.90. The average Bonchev–Trinajstić information content (AvgIpc) is 2.62. The predicted molar refractivity (Wildman–Crippen MR) is 106 cm³/mol. The van der Waals surface area contributed by atoms with Crippen molar-refractivity contribution < 1.29 is 0 Å². The Morgan fingerprint density at radius 3 is 2.24 bits per heavy atom. The van der Waals surface area contributed by atoms with Crippen molar-refractivity contribution >= 4 is 17.5 Å². The number of aromatic nitrogens is 2. The van der Waals surface area contributed by atoms with Gasteiger partial charge in [0.05, 0.1) is 0 Å². The first kappa shape index (κ1) is 17.5. The Bertz CT molecular complexity index is 703. The van der Waals surface area contributed by atoms with Crippen LogP contribution in [0.3, 0.4) is 0 Å². The van der Waals surface area contributed by atoms with Gasteiger partial charge in [-0.2, -0.15) is 4.98 Å². The standard InChI is InChI=1S/C20H29N5/c1-5-23(6-2)20-21-17(4)15-19(22-20)25-12-10-24(11-13-25)18-9-7-8-16(3)14-18/h7-9,14-15H,5-6,10-13H2,1-4H3. The van der Waals surface area contributed by atoms with Crippen LogP contribution < -0.4 is 14.7 Å². The monoisotopic (exact) mass is 339 g/mol. The molecule has 1 aromatic heterocycles. The maximum absolute atomic E-state index is 4.83. The molecule has 0 unspecified atom stereocenters. The van der Waals surface area contributed by atoms with Crippen molar-refractivity contribution in [1.82, 2.24) is 9.97 Å². The fourth-order valence-corrected chi connectivity index (χ4v) is 3.36. The SMILES string of the molecule is CCN(CC)c1nc(C)cc(N2CCN(c3cccc(C)c3)CC2)n1. The van der Waals surface area contributed by atoms with Crippen molar-refractivity contribution in [2.45, 2.75) is 27.7 Å². The van der Waals surface area contributed by atoms with Crippen LogP contribution in [0.4, 0.5) is 17.5 Å². The molecule has 5 nitrogen and oxygen atoms in total. The number of anilines is 3. The van der Waals surface area contributed by atoms with E-state index < -0.39 is 0 Å².